The van der Waals surface area contributed by atoms with Crippen LogP contribution in [-0.4, -0.2) is 12.0 Å². The van der Waals surface area contributed by atoms with Gasteiger partial charge in [-0.25, -0.2) is 4.39 Å². The number of carbonyl (C=O) groups is 1. The summed E-state index contributed by atoms with van der Waals surface area (Å²) in [6.45, 7) is 3.23. The van der Waals surface area contributed by atoms with Crippen LogP contribution in [0.1, 0.15) is 18.1 Å². The van der Waals surface area contributed by atoms with Gasteiger partial charge in [-0.2, -0.15) is 5.26 Å². The second kappa shape index (κ2) is 6.72. The van der Waals surface area contributed by atoms with Gasteiger partial charge in [0.2, 0.25) is 0 Å². The smallest absolute Gasteiger partial charge is 0.265 e. The highest BCUT2D eigenvalue weighted by Crippen LogP contribution is 2.17. The van der Waals surface area contributed by atoms with Gasteiger partial charge in [0.05, 0.1) is 11.6 Å². The maximum Gasteiger partial charge on any atom is 0.265 e. The Hall–Kier alpha value is -2.87. The van der Waals surface area contributed by atoms with E-state index in [2.05, 4.69) is 5.32 Å². The normalized spacial score (nSPS) is 11.4. The van der Waals surface area contributed by atoms with Crippen molar-refractivity contribution in [3.63, 3.8) is 0 Å². The van der Waals surface area contributed by atoms with Gasteiger partial charge in [-0.15, -0.1) is 0 Å². The number of nitriles is 1. The second-order valence-corrected chi connectivity index (χ2v) is 4.85. The van der Waals surface area contributed by atoms with Gasteiger partial charge in [0.25, 0.3) is 5.91 Å². The number of ether oxygens (including phenoxy) is 1. The first-order chi connectivity index (χ1) is 10.5. The number of carbonyl (C=O) groups excluding carboxylic acids is 1. The molecule has 0 aliphatic rings. The van der Waals surface area contributed by atoms with Gasteiger partial charge in [0, 0.05) is 5.69 Å². The van der Waals surface area contributed by atoms with Crippen molar-refractivity contribution in [1.29, 1.82) is 5.26 Å². The molecule has 112 valence electrons. The molecule has 0 fully saturated rings. The highest BCUT2D eigenvalue weighted by molar-refractivity contribution is 5.94. The average molecular weight is 298 g/mol. The van der Waals surface area contributed by atoms with Gasteiger partial charge in [0.1, 0.15) is 11.6 Å². The van der Waals surface area contributed by atoms with Gasteiger partial charge in [0.15, 0.2) is 6.10 Å². The number of benzene rings is 2. The average Bonchev–Trinajstić information content (AvgIpc) is 2.51. The topological polar surface area (TPSA) is 62.1 Å². The van der Waals surface area contributed by atoms with E-state index in [1.165, 1.54) is 6.07 Å². The van der Waals surface area contributed by atoms with Crippen molar-refractivity contribution in [3.05, 3.63) is 59.4 Å². The van der Waals surface area contributed by atoms with Crippen molar-refractivity contribution in [2.24, 2.45) is 0 Å². The van der Waals surface area contributed by atoms with E-state index < -0.39 is 12.0 Å². The lowest BCUT2D eigenvalue weighted by Crippen LogP contribution is -2.30. The zero-order valence-corrected chi connectivity index (χ0v) is 12.3. The van der Waals surface area contributed by atoms with E-state index in [1.54, 1.807) is 50.2 Å². The molecule has 0 aliphatic carbocycles. The summed E-state index contributed by atoms with van der Waals surface area (Å²) in [5.74, 6) is -0.351. The zero-order valence-electron chi connectivity index (χ0n) is 12.3. The minimum absolute atomic E-state index is 0.370. The van der Waals surface area contributed by atoms with Crippen LogP contribution in [0.2, 0.25) is 0 Å². The lowest BCUT2D eigenvalue weighted by Gasteiger charge is -2.15. The molecule has 5 heteroatoms. The lowest BCUT2D eigenvalue weighted by molar-refractivity contribution is -0.122. The molecule has 0 unspecified atom stereocenters. The third kappa shape index (κ3) is 3.83. The Labute approximate surface area is 128 Å². The van der Waals surface area contributed by atoms with Crippen molar-refractivity contribution >= 4 is 11.6 Å². The van der Waals surface area contributed by atoms with E-state index in [0.717, 1.165) is 0 Å². The van der Waals surface area contributed by atoms with Gasteiger partial charge < -0.3 is 10.1 Å². The number of hydrogen-bond donors (Lipinski definition) is 1. The van der Waals surface area contributed by atoms with Crippen molar-refractivity contribution in [2.45, 2.75) is 20.0 Å². The van der Waals surface area contributed by atoms with Crippen LogP contribution in [0.5, 0.6) is 5.75 Å². The Kier molecular flexibility index (Phi) is 4.74. The molecule has 0 radical (unpaired) electrons. The highest BCUT2D eigenvalue weighted by atomic mass is 19.1. The molecule has 1 atom stereocenters. The maximum absolute atomic E-state index is 13.4. The maximum atomic E-state index is 13.4. The Morgan fingerprint density at radius 2 is 2.09 bits per heavy atom. The van der Waals surface area contributed by atoms with E-state index in [4.69, 9.17) is 10.00 Å². The van der Waals surface area contributed by atoms with Gasteiger partial charge in [-0.1, -0.05) is 12.1 Å². The quantitative estimate of drug-likeness (QED) is 0.940. The minimum Gasteiger partial charge on any atom is -0.481 e. The van der Waals surface area contributed by atoms with Gasteiger partial charge >= 0.3 is 0 Å². The molecule has 0 saturated heterocycles. The molecule has 0 bridgehead atoms. The number of amides is 1. The highest BCUT2D eigenvalue weighted by Gasteiger charge is 2.15. The SMILES string of the molecule is Cc1ccc(NC(=O)[C@H](C)Oc2cccc(C#N)c2)cc1F. The number of nitrogens with zero attached hydrogens (tertiary/aromatic N) is 1. The molecular formula is C17H15FN2O2. The molecule has 2 rings (SSSR count). The summed E-state index contributed by atoms with van der Waals surface area (Å²) in [4.78, 5) is 12.0. The van der Waals surface area contributed by atoms with Crippen LogP contribution in [-0.2, 0) is 4.79 Å². The first kappa shape index (κ1) is 15.5. The summed E-state index contributed by atoms with van der Waals surface area (Å²) < 4.78 is 18.9. The van der Waals surface area contributed by atoms with Crippen LogP contribution in [0.4, 0.5) is 10.1 Å². The summed E-state index contributed by atoms with van der Waals surface area (Å²) >= 11 is 0. The second-order valence-electron chi connectivity index (χ2n) is 4.85. The first-order valence-electron chi connectivity index (χ1n) is 6.73. The molecule has 1 amide bonds. The molecule has 2 aromatic rings. The number of anilines is 1. The standard InChI is InChI=1S/C17H15FN2O2/c1-11-6-7-14(9-16(11)18)20-17(21)12(2)22-15-5-3-4-13(8-15)10-19/h3-9,12H,1-2H3,(H,20,21)/t12-/m0/s1. The zero-order chi connectivity index (χ0) is 16.1. The molecule has 22 heavy (non-hydrogen) atoms. The van der Waals surface area contributed by atoms with E-state index in [9.17, 15) is 9.18 Å². The molecule has 1 N–H and O–H groups in total. The third-order valence-electron chi connectivity index (χ3n) is 3.08. The molecule has 0 spiro atoms. The Bertz CT molecular complexity index is 738. The van der Waals surface area contributed by atoms with Gasteiger partial charge in [-0.3, -0.25) is 4.79 Å². The van der Waals surface area contributed by atoms with E-state index in [0.29, 0.717) is 22.6 Å². The Morgan fingerprint density at radius 1 is 1.32 bits per heavy atom. The number of hydrogen-bond acceptors (Lipinski definition) is 3. The summed E-state index contributed by atoms with van der Waals surface area (Å²) in [7, 11) is 0. The van der Waals surface area contributed by atoms with Crippen LogP contribution in [0.15, 0.2) is 42.5 Å². The predicted molar refractivity (Wildman–Crippen MR) is 81.0 cm³/mol. The molecule has 4 nitrogen and oxygen atoms in total. The fourth-order valence-corrected chi connectivity index (χ4v) is 1.81. The van der Waals surface area contributed by atoms with Crippen LogP contribution in [0.25, 0.3) is 0 Å². The van der Waals surface area contributed by atoms with Crippen molar-refractivity contribution < 1.29 is 13.9 Å². The molecule has 0 aliphatic heterocycles. The summed E-state index contributed by atoms with van der Waals surface area (Å²) in [6.07, 6.45) is -0.779. The Balaban J connectivity index is 2.02. The van der Waals surface area contributed by atoms with Crippen molar-refractivity contribution in [3.8, 4) is 11.8 Å². The molecule has 2 aromatic carbocycles. The number of halogens is 1. The molecule has 0 heterocycles. The van der Waals surface area contributed by atoms with Crippen LogP contribution < -0.4 is 10.1 Å². The summed E-state index contributed by atoms with van der Waals surface area (Å²) in [5, 5.41) is 11.4. The molecule has 0 saturated carbocycles. The van der Waals surface area contributed by atoms with Crippen LogP contribution in [0.3, 0.4) is 0 Å². The summed E-state index contributed by atoms with van der Waals surface area (Å²) in [5.41, 5.74) is 1.33. The summed E-state index contributed by atoms with van der Waals surface area (Å²) in [6, 6.07) is 13.0. The van der Waals surface area contributed by atoms with E-state index in [1.807, 2.05) is 6.07 Å². The van der Waals surface area contributed by atoms with Crippen LogP contribution >= 0.6 is 0 Å². The predicted octanol–water partition coefficient (Wildman–Crippen LogP) is 3.41. The number of aryl methyl sites for hydroxylation is 1. The first-order valence-corrected chi connectivity index (χ1v) is 6.73. The fourth-order valence-electron chi connectivity index (χ4n) is 1.81. The third-order valence-corrected chi connectivity index (χ3v) is 3.08. The van der Waals surface area contributed by atoms with E-state index >= 15 is 0 Å². The lowest BCUT2D eigenvalue weighted by atomic mass is 10.2. The largest absolute Gasteiger partial charge is 0.481 e. The van der Waals surface area contributed by atoms with Crippen molar-refractivity contribution in [2.75, 3.05) is 5.32 Å². The van der Waals surface area contributed by atoms with Gasteiger partial charge in [-0.05, 0) is 49.7 Å². The van der Waals surface area contributed by atoms with E-state index in [-0.39, 0.29) is 5.82 Å². The Morgan fingerprint density at radius 3 is 2.77 bits per heavy atom. The monoisotopic (exact) mass is 298 g/mol. The van der Waals surface area contributed by atoms with Crippen LogP contribution in [0, 0.1) is 24.1 Å². The molecular weight excluding hydrogens is 283 g/mol. The van der Waals surface area contributed by atoms with Crippen molar-refractivity contribution in [1.82, 2.24) is 0 Å². The minimum atomic E-state index is -0.779. The fraction of sp³-hybridized carbons (Fsp3) is 0.176. The number of nitrogens with one attached hydrogen (secondary N) is 1. The molecule has 0 aromatic heterocycles. The number of rotatable bonds is 4.